The number of nitrogens with one attached hydrogen (secondary N) is 11. The fraction of sp³-hybridized carbons (Fsp3) is 0.388. The number of nitrogens with two attached hydrogens (primary N) is 1. The van der Waals surface area contributed by atoms with Crippen LogP contribution in [0.3, 0.4) is 0 Å². The van der Waals surface area contributed by atoms with Gasteiger partial charge in [0.2, 0.25) is 47.3 Å². The summed E-state index contributed by atoms with van der Waals surface area (Å²) in [7, 11) is 0. The molecule has 494 valence electrons. The maximum atomic E-state index is 15.1. The molecule has 3 heterocycles. The predicted octanol–water partition coefficient (Wildman–Crippen LogP) is 2.82. The molecule has 8 amide bonds. The molecule has 0 radical (unpaired) electrons. The number of aromatic amines is 3. The van der Waals surface area contributed by atoms with Gasteiger partial charge in [0, 0.05) is 73.0 Å². The Morgan fingerprint density at radius 1 is 0.430 bits per heavy atom. The fourth-order valence-electron chi connectivity index (χ4n) is 10.6. The number of fused-ring (bicyclic) bond motifs is 1. The number of phenols is 2. The first-order valence-corrected chi connectivity index (χ1v) is 30.9. The van der Waals surface area contributed by atoms with E-state index >= 15 is 9.59 Å². The molecule has 0 aliphatic rings. The van der Waals surface area contributed by atoms with E-state index in [0.29, 0.717) is 28.1 Å². The van der Waals surface area contributed by atoms with Gasteiger partial charge >= 0.3 is 5.97 Å². The number of H-pyrrole nitrogens is 3. The summed E-state index contributed by atoms with van der Waals surface area (Å²) in [4.78, 5) is 146. The number of hydrogen-bond donors (Lipinski definition) is 15. The quantitative estimate of drug-likeness (QED) is 0.0276. The van der Waals surface area contributed by atoms with E-state index in [-0.39, 0.29) is 74.7 Å². The van der Waals surface area contributed by atoms with Crippen molar-refractivity contribution in [2.75, 3.05) is 0 Å². The van der Waals surface area contributed by atoms with E-state index in [2.05, 4.69) is 67.5 Å². The van der Waals surface area contributed by atoms with Crippen LogP contribution in [0.5, 0.6) is 11.5 Å². The van der Waals surface area contributed by atoms with Gasteiger partial charge in [-0.3, -0.25) is 38.4 Å². The molecule has 4 aromatic carbocycles. The molecule has 3 aromatic heterocycles. The number of rotatable bonds is 34. The zero-order valence-corrected chi connectivity index (χ0v) is 52.8. The Labute approximate surface area is 538 Å². The van der Waals surface area contributed by atoms with Crippen LogP contribution >= 0.6 is 0 Å². The number of carbonyl (C=O) groups excluding carboxylic acids is 8. The number of carboxylic acids is 1. The van der Waals surface area contributed by atoms with Gasteiger partial charge in [-0.05, 0) is 89.6 Å². The van der Waals surface area contributed by atoms with Crippen LogP contribution in [0, 0.1) is 17.8 Å². The first kappa shape index (κ1) is 70.1. The van der Waals surface area contributed by atoms with Crippen molar-refractivity contribution in [3.63, 3.8) is 0 Å². The Hall–Kier alpha value is -10.4. The van der Waals surface area contributed by atoms with Gasteiger partial charge in [0.05, 0.1) is 18.7 Å². The van der Waals surface area contributed by atoms with Crippen molar-refractivity contribution in [2.45, 2.75) is 147 Å². The fourth-order valence-corrected chi connectivity index (χ4v) is 10.6. The maximum absolute atomic E-state index is 15.1. The average Bonchev–Trinajstić information content (AvgIpc) is 1.81. The topological polar surface area (TPSA) is 410 Å². The molecule has 93 heavy (non-hydrogen) atoms. The summed E-state index contributed by atoms with van der Waals surface area (Å²) in [6.07, 6.45) is 6.81. The van der Waals surface area contributed by atoms with Crippen molar-refractivity contribution < 1.29 is 58.5 Å². The van der Waals surface area contributed by atoms with Gasteiger partial charge in [0.15, 0.2) is 0 Å². The molecule has 0 saturated heterocycles. The van der Waals surface area contributed by atoms with Crippen LogP contribution in [-0.4, -0.2) is 148 Å². The van der Waals surface area contributed by atoms with Crippen molar-refractivity contribution >= 4 is 64.1 Å². The predicted molar refractivity (Wildman–Crippen MR) is 345 cm³/mol. The highest BCUT2D eigenvalue weighted by Crippen LogP contribution is 2.21. The smallest absolute Gasteiger partial charge is 0.326 e. The summed E-state index contributed by atoms with van der Waals surface area (Å²) in [6, 6.07) is 15.9. The Balaban J connectivity index is 1.15. The highest BCUT2D eigenvalue weighted by molar-refractivity contribution is 5.99. The zero-order chi connectivity index (χ0) is 67.3. The van der Waals surface area contributed by atoms with Gasteiger partial charge in [0.1, 0.15) is 59.8 Å². The number of hydrogen-bond acceptors (Lipinski definition) is 14. The first-order valence-electron chi connectivity index (χ1n) is 30.9. The molecule has 0 unspecified atom stereocenters. The van der Waals surface area contributed by atoms with Gasteiger partial charge in [-0.25, -0.2) is 14.8 Å². The molecule has 0 aliphatic carbocycles. The van der Waals surface area contributed by atoms with Crippen LogP contribution in [0.2, 0.25) is 0 Å². The van der Waals surface area contributed by atoms with Crippen molar-refractivity contribution in [1.29, 1.82) is 0 Å². The molecule has 0 saturated carbocycles. The number of aromatic hydroxyl groups is 2. The van der Waals surface area contributed by atoms with Crippen LogP contribution in [0.25, 0.3) is 10.9 Å². The van der Waals surface area contributed by atoms with Crippen molar-refractivity contribution in [3.8, 4) is 11.5 Å². The lowest BCUT2D eigenvalue weighted by Crippen LogP contribution is -2.61. The summed E-state index contributed by atoms with van der Waals surface area (Å²) in [5, 5.41) is 53.2. The standard InChI is InChI=1S/C67H84N14O12/c1-37(2)24-51(74-59(84)49(68)26-40-12-8-7-9-13-40)60(85)79-56(30-44-33-69-35-72-44)64(89)75-52(25-38(3)4)61(86)80-57(31-45-34-70-36-73-45)65(90)77-53(27-41-16-20-46(82)21-17-41)62(87)76-54(28-42-18-22-47(83)23-19-42)63(88)78-55(66(91)81-58(39(5)6)67(92)93)29-43-32-71-50-15-11-10-14-48(43)50/h7-23,32-39,49,51-58,71,82-83H,24-31,68H2,1-6H3,(H,69,72)(H,70,73)(H,74,84)(H,75,89)(H,76,87)(H,77,90)(H,78,88)(H,79,85)(H,80,86)(H,81,91)(H,92,93)/t49-,51-,52-,53-,54-,55-,56-,57-,58-/m0/s1. The first-order chi connectivity index (χ1) is 44.4. The number of carboxylic acid groups (broad SMARTS) is 1. The lowest BCUT2D eigenvalue weighted by atomic mass is 9.99. The second-order valence-electron chi connectivity index (χ2n) is 24.4. The Kier molecular flexibility index (Phi) is 25.3. The molecular formula is C67H84N14O12. The van der Waals surface area contributed by atoms with Gasteiger partial charge in [-0.15, -0.1) is 0 Å². The van der Waals surface area contributed by atoms with Gasteiger partial charge < -0.3 is 78.5 Å². The summed E-state index contributed by atoms with van der Waals surface area (Å²) in [5.41, 5.74) is 10.2. The summed E-state index contributed by atoms with van der Waals surface area (Å²) < 4.78 is 0. The summed E-state index contributed by atoms with van der Waals surface area (Å²) in [5.74, 6) is -8.74. The maximum Gasteiger partial charge on any atom is 0.326 e. The van der Waals surface area contributed by atoms with E-state index in [9.17, 15) is 48.9 Å². The second kappa shape index (κ2) is 33.6. The second-order valence-corrected chi connectivity index (χ2v) is 24.4. The number of imidazole rings is 2. The number of benzene rings is 4. The largest absolute Gasteiger partial charge is 0.508 e. The van der Waals surface area contributed by atoms with E-state index in [1.165, 1.54) is 73.6 Å². The summed E-state index contributed by atoms with van der Waals surface area (Å²) in [6.45, 7) is 10.6. The van der Waals surface area contributed by atoms with E-state index in [0.717, 1.165) is 16.5 Å². The number of aromatic nitrogens is 5. The van der Waals surface area contributed by atoms with Crippen molar-refractivity contribution in [1.82, 2.24) is 67.5 Å². The van der Waals surface area contributed by atoms with E-state index in [1.54, 1.807) is 26.1 Å². The minimum atomic E-state index is -1.53. The Bertz CT molecular complexity index is 3620. The number of phenolic OH excluding ortho intramolecular Hbond substituents is 2. The molecule has 7 rings (SSSR count). The molecule has 7 aromatic rings. The van der Waals surface area contributed by atoms with Gasteiger partial charge in [-0.2, -0.15) is 0 Å². The zero-order valence-electron chi connectivity index (χ0n) is 52.8. The van der Waals surface area contributed by atoms with Crippen LogP contribution in [0.15, 0.2) is 134 Å². The highest BCUT2D eigenvalue weighted by Gasteiger charge is 2.37. The lowest BCUT2D eigenvalue weighted by Gasteiger charge is -2.29. The van der Waals surface area contributed by atoms with Crippen LogP contribution in [0.4, 0.5) is 0 Å². The van der Waals surface area contributed by atoms with Crippen LogP contribution < -0.4 is 48.3 Å². The molecule has 0 fully saturated rings. The van der Waals surface area contributed by atoms with E-state index in [4.69, 9.17) is 5.73 Å². The number of aliphatic carboxylic acids is 1. The monoisotopic (exact) mass is 1280 g/mol. The lowest BCUT2D eigenvalue weighted by molar-refractivity contribution is -0.143. The molecule has 26 nitrogen and oxygen atoms in total. The molecule has 16 N–H and O–H groups in total. The third-order valence-corrected chi connectivity index (χ3v) is 15.5. The minimum Gasteiger partial charge on any atom is -0.508 e. The van der Waals surface area contributed by atoms with Gasteiger partial charge in [-0.1, -0.05) is 114 Å². The SMILES string of the molecule is CC(C)C[C@H](NC(=O)[C@H](Cc1cnc[nH]1)NC(=O)[C@H](CC(C)C)NC(=O)[C@@H](N)Cc1ccccc1)C(=O)N[C@@H](Cc1cnc[nH]1)C(=O)N[C@@H](Cc1ccc(O)cc1)C(=O)N[C@@H](Cc1ccc(O)cc1)C(=O)N[C@@H](Cc1c[nH]c2ccccc12)C(=O)N[C@H](C(=O)O)C(C)C. The molecule has 0 spiro atoms. The third kappa shape index (κ3) is 21.4. The van der Waals surface area contributed by atoms with Crippen molar-refractivity contribution in [2.24, 2.45) is 23.5 Å². The minimum absolute atomic E-state index is 0.0323. The van der Waals surface area contributed by atoms with E-state index < -0.39 is 114 Å². The molecule has 0 aliphatic heterocycles. The normalized spacial score (nSPS) is 14.3. The number of amides is 8. The number of carbonyl (C=O) groups is 9. The Morgan fingerprint density at radius 2 is 0.806 bits per heavy atom. The summed E-state index contributed by atoms with van der Waals surface area (Å²) >= 11 is 0. The molecule has 26 heteroatoms. The van der Waals surface area contributed by atoms with Crippen LogP contribution in [0.1, 0.15) is 88.0 Å². The molecule has 9 atom stereocenters. The van der Waals surface area contributed by atoms with Crippen molar-refractivity contribution in [3.05, 3.63) is 168 Å². The van der Waals surface area contributed by atoms with Crippen LogP contribution in [-0.2, 0) is 81.7 Å². The average molecular weight is 1280 g/mol. The Morgan fingerprint density at radius 3 is 1.23 bits per heavy atom. The van der Waals surface area contributed by atoms with Gasteiger partial charge in [0.25, 0.3) is 0 Å². The molecular weight excluding hydrogens is 1190 g/mol. The number of para-hydroxylation sites is 1. The third-order valence-electron chi connectivity index (χ3n) is 15.5. The number of nitrogens with zero attached hydrogens (tertiary/aromatic N) is 2. The molecule has 0 bridgehead atoms. The van der Waals surface area contributed by atoms with E-state index in [1.807, 2.05) is 76.2 Å². The highest BCUT2D eigenvalue weighted by atomic mass is 16.4.